The van der Waals surface area contributed by atoms with E-state index in [-0.39, 0.29) is 0 Å². The second-order valence-corrected chi connectivity index (χ2v) is 3.94. The lowest BCUT2D eigenvalue weighted by molar-refractivity contribution is 1.07. The van der Waals surface area contributed by atoms with Crippen molar-refractivity contribution in [3.05, 3.63) is 60.0 Å². The fraction of sp³-hybridized carbons (Fsp3) is 0.214. The summed E-state index contributed by atoms with van der Waals surface area (Å²) >= 11 is 0. The zero-order valence-corrected chi connectivity index (χ0v) is 9.96. The summed E-state index contributed by atoms with van der Waals surface area (Å²) in [7, 11) is 0. The first-order valence-electron chi connectivity index (χ1n) is 5.23. The minimum Gasteiger partial charge on any atom is -0.402 e. The van der Waals surface area contributed by atoms with Gasteiger partial charge in [0.15, 0.2) is 0 Å². The number of aliphatic imine (C=N–C) groups is 1. The highest BCUT2D eigenvalue weighted by atomic mass is 14.8. The number of nitrogens with two attached hydrogens (primary N) is 1. The molecule has 0 aromatic heterocycles. The van der Waals surface area contributed by atoms with Gasteiger partial charge >= 0.3 is 0 Å². The van der Waals surface area contributed by atoms with Crippen LogP contribution in [0.25, 0.3) is 0 Å². The first kappa shape index (κ1) is 12.2. The van der Waals surface area contributed by atoms with Gasteiger partial charge in [-0.05, 0) is 43.7 Å². The number of hydrogen-bond donors (Lipinski definition) is 1. The summed E-state index contributed by atoms with van der Waals surface area (Å²) in [5.41, 5.74) is 10.5. The van der Waals surface area contributed by atoms with Gasteiger partial charge in [-0.3, -0.25) is 4.99 Å². The van der Waals surface area contributed by atoms with Gasteiger partial charge in [0.1, 0.15) is 0 Å². The molecule has 0 bridgehead atoms. The molecule has 2 N–H and O–H groups in total. The van der Waals surface area contributed by atoms with Crippen molar-refractivity contribution in [2.24, 2.45) is 10.7 Å². The molecule has 1 rings (SSSR count). The van der Waals surface area contributed by atoms with Crippen LogP contribution in [0.3, 0.4) is 0 Å². The Balaban J connectivity index is 3.03. The molecule has 0 amide bonds. The minimum absolute atomic E-state index is 0.772. The van der Waals surface area contributed by atoms with E-state index in [2.05, 4.69) is 18.2 Å². The topological polar surface area (TPSA) is 38.4 Å². The first-order chi connectivity index (χ1) is 7.52. The molecule has 0 saturated carbocycles. The Hall–Kier alpha value is -1.83. The van der Waals surface area contributed by atoms with Crippen LogP contribution in [-0.2, 0) is 0 Å². The molecule has 0 spiro atoms. The number of allylic oxidation sites excluding steroid dienone is 7. The van der Waals surface area contributed by atoms with Gasteiger partial charge in [-0.1, -0.05) is 18.7 Å². The predicted octanol–water partition coefficient (Wildman–Crippen LogP) is 3.27. The van der Waals surface area contributed by atoms with E-state index in [1.807, 2.05) is 32.1 Å². The van der Waals surface area contributed by atoms with Crippen molar-refractivity contribution in [1.82, 2.24) is 0 Å². The Kier molecular flexibility index (Phi) is 4.06. The van der Waals surface area contributed by atoms with Gasteiger partial charge in [-0.25, -0.2) is 0 Å². The highest BCUT2D eigenvalue weighted by Crippen LogP contribution is 2.23. The Morgan fingerprint density at radius 1 is 1.50 bits per heavy atom. The lowest BCUT2D eigenvalue weighted by Gasteiger charge is -2.13. The van der Waals surface area contributed by atoms with E-state index in [1.165, 1.54) is 5.57 Å². The van der Waals surface area contributed by atoms with Crippen LogP contribution < -0.4 is 5.73 Å². The van der Waals surface area contributed by atoms with Gasteiger partial charge < -0.3 is 5.73 Å². The fourth-order valence-electron chi connectivity index (χ4n) is 1.36. The molecule has 1 heterocycles. The van der Waals surface area contributed by atoms with Gasteiger partial charge in [-0.2, -0.15) is 0 Å². The maximum Gasteiger partial charge on any atom is 0.0630 e. The van der Waals surface area contributed by atoms with E-state index < -0.39 is 0 Å². The molecule has 0 atom stereocenters. The second kappa shape index (κ2) is 5.31. The molecule has 0 saturated heterocycles. The van der Waals surface area contributed by atoms with Crippen LogP contribution in [0.15, 0.2) is 65.0 Å². The van der Waals surface area contributed by atoms with E-state index in [4.69, 9.17) is 5.73 Å². The van der Waals surface area contributed by atoms with E-state index >= 15 is 0 Å². The Morgan fingerprint density at radius 2 is 2.19 bits per heavy atom. The van der Waals surface area contributed by atoms with Crippen LogP contribution in [0.4, 0.5) is 0 Å². The summed E-state index contributed by atoms with van der Waals surface area (Å²) in [4.78, 5) is 4.45. The van der Waals surface area contributed by atoms with Gasteiger partial charge in [0, 0.05) is 17.8 Å². The van der Waals surface area contributed by atoms with Crippen LogP contribution in [0.1, 0.15) is 20.3 Å². The van der Waals surface area contributed by atoms with E-state index in [0.717, 1.165) is 29.1 Å². The van der Waals surface area contributed by atoms with Crippen molar-refractivity contribution in [2.75, 3.05) is 0 Å². The standard InChI is InChI=1S/C14H18N2/c1-5-13-8-12(10(2)3)9-14(16-13)7-6-11(4)15/h5-8H,1-2,9,15H2,3-4H3/b11-6+,14-7+. The van der Waals surface area contributed by atoms with Crippen molar-refractivity contribution in [3.8, 4) is 0 Å². The first-order valence-corrected chi connectivity index (χ1v) is 5.23. The molecule has 84 valence electrons. The van der Waals surface area contributed by atoms with Crippen molar-refractivity contribution < 1.29 is 0 Å². The molecule has 0 aromatic carbocycles. The third-order valence-corrected chi connectivity index (χ3v) is 2.26. The third kappa shape index (κ3) is 3.39. The highest BCUT2D eigenvalue weighted by Gasteiger charge is 2.09. The summed E-state index contributed by atoms with van der Waals surface area (Å²) in [5, 5.41) is 0. The smallest absolute Gasteiger partial charge is 0.0630 e. The van der Waals surface area contributed by atoms with Gasteiger partial charge in [0.2, 0.25) is 0 Å². The molecule has 0 aromatic rings. The summed E-state index contributed by atoms with van der Waals surface area (Å²) in [6.45, 7) is 11.5. The zero-order valence-electron chi connectivity index (χ0n) is 9.96. The molecular formula is C14H18N2. The molecular weight excluding hydrogens is 196 g/mol. The van der Waals surface area contributed by atoms with Crippen LogP contribution in [-0.4, -0.2) is 5.71 Å². The number of dihydropyridines is 1. The Labute approximate surface area is 97.3 Å². The molecule has 0 unspecified atom stereocenters. The molecule has 0 aliphatic carbocycles. The molecule has 1 aliphatic heterocycles. The lowest BCUT2D eigenvalue weighted by Crippen LogP contribution is -2.01. The third-order valence-electron chi connectivity index (χ3n) is 2.26. The molecule has 2 nitrogen and oxygen atoms in total. The molecule has 16 heavy (non-hydrogen) atoms. The van der Waals surface area contributed by atoms with Gasteiger partial charge in [0.25, 0.3) is 0 Å². The summed E-state index contributed by atoms with van der Waals surface area (Å²) in [6.07, 6.45) is 8.37. The van der Waals surface area contributed by atoms with Crippen molar-refractivity contribution in [2.45, 2.75) is 20.3 Å². The lowest BCUT2D eigenvalue weighted by atomic mass is 9.99. The summed E-state index contributed by atoms with van der Waals surface area (Å²) in [5.74, 6) is 0. The summed E-state index contributed by atoms with van der Waals surface area (Å²) < 4.78 is 0. The van der Waals surface area contributed by atoms with Crippen LogP contribution >= 0.6 is 0 Å². The average Bonchev–Trinajstić information content (AvgIpc) is 2.25. The quantitative estimate of drug-likeness (QED) is 0.769. The van der Waals surface area contributed by atoms with Gasteiger partial charge in [0.05, 0.1) is 5.71 Å². The Morgan fingerprint density at radius 3 is 2.69 bits per heavy atom. The highest BCUT2D eigenvalue weighted by molar-refractivity contribution is 6.05. The minimum atomic E-state index is 0.772. The number of nitrogens with zero attached hydrogens (tertiary/aromatic N) is 1. The number of rotatable bonds is 3. The van der Waals surface area contributed by atoms with E-state index in [0.29, 0.717) is 0 Å². The maximum absolute atomic E-state index is 5.59. The summed E-state index contributed by atoms with van der Waals surface area (Å²) in [6, 6.07) is 0. The maximum atomic E-state index is 5.59. The molecule has 2 heteroatoms. The molecule has 0 fully saturated rings. The van der Waals surface area contributed by atoms with Crippen LogP contribution in [0.5, 0.6) is 0 Å². The SMILES string of the molecule is C=CC1=N/C(=C/C=C(\C)N)CC(C(=C)C)=C1. The molecule has 0 radical (unpaired) electrons. The van der Waals surface area contributed by atoms with Crippen molar-refractivity contribution >= 4 is 5.71 Å². The normalized spacial score (nSPS) is 19.1. The number of hydrogen-bond acceptors (Lipinski definition) is 2. The fourth-order valence-corrected chi connectivity index (χ4v) is 1.36. The second-order valence-electron chi connectivity index (χ2n) is 3.94. The predicted molar refractivity (Wildman–Crippen MR) is 71.2 cm³/mol. The van der Waals surface area contributed by atoms with Crippen molar-refractivity contribution in [1.29, 1.82) is 0 Å². The van der Waals surface area contributed by atoms with Gasteiger partial charge in [-0.15, -0.1) is 0 Å². The van der Waals surface area contributed by atoms with E-state index in [1.54, 1.807) is 6.08 Å². The zero-order chi connectivity index (χ0) is 12.1. The Bertz CT molecular complexity index is 428. The van der Waals surface area contributed by atoms with Crippen LogP contribution in [0, 0.1) is 0 Å². The van der Waals surface area contributed by atoms with Crippen LogP contribution in [0.2, 0.25) is 0 Å². The molecule has 1 aliphatic rings. The monoisotopic (exact) mass is 214 g/mol. The van der Waals surface area contributed by atoms with E-state index in [9.17, 15) is 0 Å². The largest absolute Gasteiger partial charge is 0.402 e. The van der Waals surface area contributed by atoms with Crippen molar-refractivity contribution in [3.63, 3.8) is 0 Å². The average molecular weight is 214 g/mol.